The number of aliphatic hydroxyl groups is 2. The van der Waals surface area contributed by atoms with Gasteiger partial charge >= 0.3 is 0 Å². The zero-order valence-electron chi connectivity index (χ0n) is 14.0. The fraction of sp³-hybridized carbons (Fsp3) is 0.222. The summed E-state index contributed by atoms with van der Waals surface area (Å²) in [5.41, 5.74) is 1.37. The van der Waals surface area contributed by atoms with Crippen molar-refractivity contribution >= 4 is 22.3 Å². The predicted molar refractivity (Wildman–Crippen MR) is 97.5 cm³/mol. The Morgan fingerprint density at radius 1 is 1.31 bits per heavy atom. The number of nitrogens with zero attached hydrogens (tertiary/aromatic N) is 2. The van der Waals surface area contributed by atoms with Crippen LogP contribution in [0.4, 0.5) is 15.3 Å². The molecule has 0 saturated carbocycles. The van der Waals surface area contributed by atoms with Gasteiger partial charge in [0, 0.05) is 11.6 Å². The van der Waals surface area contributed by atoms with Crippen LogP contribution < -0.4 is 10.1 Å². The van der Waals surface area contributed by atoms with Crippen LogP contribution in [0.3, 0.4) is 0 Å². The Labute approximate surface area is 154 Å². The Balaban J connectivity index is 1.86. The smallest absolute Gasteiger partial charge is 0.188 e. The van der Waals surface area contributed by atoms with Crippen molar-refractivity contribution in [2.45, 2.75) is 19.4 Å². The minimum Gasteiger partial charge on any atom is -0.453 e. The summed E-state index contributed by atoms with van der Waals surface area (Å²) in [6.07, 6.45) is 1.50. The van der Waals surface area contributed by atoms with Gasteiger partial charge in [-0.1, -0.05) is 6.92 Å². The monoisotopic (exact) mass is 375 g/mol. The summed E-state index contributed by atoms with van der Waals surface area (Å²) in [5.74, 6) is 1.08. The number of halogens is 1. The van der Waals surface area contributed by atoms with Gasteiger partial charge in [-0.05, 0) is 42.3 Å². The zero-order chi connectivity index (χ0) is 18.5. The minimum atomic E-state index is -1.02. The maximum Gasteiger partial charge on any atom is 0.188 e. The Kier molecular flexibility index (Phi) is 5.77. The molecule has 0 radical (unpaired) electrons. The van der Waals surface area contributed by atoms with E-state index in [4.69, 9.17) is 9.84 Å². The Morgan fingerprint density at radius 3 is 2.77 bits per heavy atom. The van der Waals surface area contributed by atoms with Gasteiger partial charge in [0.15, 0.2) is 16.7 Å². The highest BCUT2D eigenvalue weighted by Crippen LogP contribution is 2.32. The summed E-state index contributed by atoms with van der Waals surface area (Å²) in [5, 5.41) is 23.9. The van der Waals surface area contributed by atoms with Gasteiger partial charge in [-0.2, -0.15) is 0 Å². The molecule has 3 aromatic rings. The number of aryl methyl sites for hydroxylation is 1. The molecule has 0 amide bonds. The molecule has 0 bridgehead atoms. The molecule has 1 unspecified atom stereocenters. The summed E-state index contributed by atoms with van der Waals surface area (Å²) in [4.78, 5) is 8.61. The van der Waals surface area contributed by atoms with Crippen LogP contribution in [0.15, 0.2) is 41.9 Å². The summed E-state index contributed by atoms with van der Waals surface area (Å²) < 4.78 is 18.9. The van der Waals surface area contributed by atoms with Crippen LogP contribution in [0.5, 0.6) is 11.5 Å². The molecule has 3 N–H and O–H groups in total. The number of aliphatic hydroxyl groups excluding tert-OH is 2. The molecule has 0 aliphatic rings. The van der Waals surface area contributed by atoms with Gasteiger partial charge in [-0.15, -0.1) is 11.3 Å². The van der Waals surface area contributed by atoms with E-state index in [2.05, 4.69) is 15.3 Å². The van der Waals surface area contributed by atoms with E-state index in [-0.39, 0.29) is 5.82 Å². The molecule has 3 rings (SSSR count). The van der Waals surface area contributed by atoms with Crippen molar-refractivity contribution in [3.8, 4) is 11.5 Å². The summed E-state index contributed by atoms with van der Waals surface area (Å²) in [6, 6.07) is 7.58. The van der Waals surface area contributed by atoms with E-state index >= 15 is 0 Å². The van der Waals surface area contributed by atoms with Crippen molar-refractivity contribution in [3.05, 3.63) is 59.0 Å². The van der Waals surface area contributed by atoms with Crippen molar-refractivity contribution in [1.82, 2.24) is 9.97 Å². The number of anilines is 2. The lowest BCUT2D eigenvalue weighted by atomic mass is 10.2. The van der Waals surface area contributed by atoms with E-state index in [1.807, 2.05) is 13.0 Å². The number of aromatic nitrogens is 2. The molecule has 2 heterocycles. The first-order valence-corrected chi connectivity index (χ1v) is 8.90. The molecule has 2 aromatic heterocycles. The maximum atomic E-state index is 13.1. The quantitative estimate of drug-likeness (QED) is 0.582. The van der Waals surface area contributed by atoms with Crippen LogP contribution in [0.1, 0.15) is 24.3 Å². The van der Waals surface area contributed by atoms with Crippen LogP contribution in [0.25, 0.3) is 0 Å². The van der Waals surface area contributed by atoms with Gasteiger partial charge in [0.2, 0.25) is 0 Å². The van der Waals surface area contributed by atoms with Crippen molar-refractivity contribution in [2.75, 3.05) is 11.9 Å². The Bertz CT molecular complexity index is 870. The zero-order valence-corrected chi connectivity index (χ0v) is 14.8. The first-order chi connectivity index (χ1) is 12.6. The van der Waals surface area contributed by atoms with Crippen LogP contribution in [0, 0.1) is 5.82 Å². The lowest BCUT2D eigenvalue weighted by molar-refractivity contribution is 0.0928. The summed E-state index contributed by atoms with van der Waals surface area (Å²) in [7, 11) is 0. The van der Waals surface area contributed by atoms with E-state index in [1.165, 1.54) is 35.6 Å². The van der Waals surface area contributed by atoms with E-state index in [0.29, 0.717) is 28.1 Å². The normalized spacial score (nSPS) is 12.0. The van der Waals surface area contributed by atoms with Gasteiger partial charge in [-0.25, -0.2) is 14.4 Å². The number of pyridine rings is 1. The van der Waals surface area contributed by atoms with E-state index in [0.717, 1.165) is 12.0 Å². The standard InChI is InChI=1S/C18H18FN3O3S/c1-2-11-7-16(25-13-5-3-12(19)4-6-13)17(20-8-11)22-18-21-14(10-26-18)15(24)9-23/h3-8,10,15,23-24H,2,9H2,1H3,(H,20,21,22). The van der Waals surface area contributed by atoms with E-state index in [9.17, 15) is 9.50 Å². The number of hydrogen-bond acceptors (Lipinski definition) is 7. The first kappa shape index (κ1) is 18.2. The highest BCUT2D eigenvalue weighted by atomic mass is 32.1. The van der Waals surface area contributed by atoms with Gasteiger partial charge in [0.1, 0.15) is 17.7 Å². The van der Waals surface area contributed by atoms with Gasteiger partial charge in [0.25, 0.3) is 0 Å². The third-order valence-corrected chi connectivity index (χ3v) is 4.40. The number of thiazole rings is 1. The molecule has 136 valence electrons. The second kappa shape index (κ2) is 8.22. The highest BCUT2D eigenvalue weighted by molar-refractivity contribution is 7.13. The van der Waals surface area contributed by atoms with Gasteiger partial charge in [0.05, 0.1) is 12.3 Å². The average molecular weight is 375 g/mol. The second-order valence-electron chi connectivity index (χ2n) is 5.50. The highest BCUT2D eigenvalue weighted by Gasteiger charge is 2.14. The Morgan fingerprint density at radius 2 is 2.08 bits per heavy atom. The molecule has 0 aliphatic heterocycles. The summed E-state index contributed by atoms with van der Waals surface area (Å²) >= 11 is 1.28. The third-order valence-electron chi connectivity index (χ3n) is 3.62. The van der Waals surface area contributed by atoms with Crippen molar-refractivity contribution in [1.29, 1.82) is 0 Å². The Hall–Kier alpha value is -2.55. The largest absolute Gasteiger partial charge is 0.453 e. The van der Waals surface area contributed by atoms with Gasteiger partial charge < -0.3 is 20.3 Å². The number of ether oxygens (including phenoxy) is 1. The van der Waals surface area contributed by atoms with Crippen molar-refractivity contribution < 1.29 is 19.3 Å². The van der Waals surface area contributed by atoms with E-state index < -0.39 is 12.7 Å². The molecule has 0 spiro atoms. The second-order valence-corrected chi connectivity index (χ2v) is 6.36. The van der Waals surface area contributed by atoms with E-state index in [1.54, 1.807) is 11.6 Å². The molecule has 0 fully saturated rings. The van der Waals surface area contributed by atoms with Gasteiger partial charge in [-0.3, -0.25) is 0 Å². The summed E-state index contributed by atoms with van der Waals surface area (Å²) in [6.45, 7) is 1.61. The molecule has 0 saturated heterocycles. The molecule has 6 nitrogen and oxygen atoms in total. The van der Waals surface area contributed by atoms with Crippen LogP contribution >= 0.6 is 11.3 Å². The fourth-order valence-electron chi connectivity index (χ4n) is 2.17. The lowest BCUT2D eigenvalue weighted by Gasteiger charge is -2.12. The molecular formula is C18H18FN3O3S. The van der Waals surface area contributed by atoms with Crippen LogP contribution in [-0.4, -0.2) is 26.8 Å². The molecule has 1 aromatic carbocycles. The van der Waals surface area contributed by atoms with Crippen molar-refractivity contribution in [3.63, 3.8) is 0 Å². The minimum absolute atomic E-state index is 0.339. The number of benzene rings is 1. The lowest BCUT2D eigenvalue weighted by Crippen LogP contribution is -2.03. The molecular weight excluding hydrogens is 357 g/mol. The number of hydrogen-bond donors (Lipinski definition) is 3. The molecule has 26 heavy (non-hydrogen) atoms. The van der Waals surface area contributed by atoms with Crippen molar-refractivity contribution in [2.24, 2.45) is 0 Å². The van der Waals surface area contributed by atoms with Crippen LogP contribution in [-0.2, 0) is 6.42 Å². The SMILES string of the molecule is CCc1cnc(Nc2nc(C(O)CO)cs2)c(Oc2ccc(F)cc2)c1. The fourth-order valence-corrected chi connectivity index (χ4v) is 2.93. The third kappa shape index (κ3) is 4.34. The topological polar surface area (TPSA) is 87.5 Å². The molecule has 1 atom stereocenters. The molecule has 8 heteroatoms. The average Bonchev–Trinajstić information content (AvgIpc) is 3.13. The predicted octanol–water partition coefficient (Wildman–Crippen LogP) is 3.80. The van der Waals surface area contributed by atoms with Crippen LogP contribution in [0.2, 0.25) is 0 Å². The first-order valence-electron chi connectivity index (χ1n) is 8.02. The molecule has 0 aliphatic carbocycles. The number of rotatable bonds is 7. The maximum absolute atomic E-state index is 13.1. The number of nitrogens with one attached hydrogen (secondary N) is 1.